The van der Waals surface area contributed by atoms with Crippen molar-refractivity contribution in [2.75, 3.05) is 38.7 Å². The Balaban J connectivity index is 1.54. The summed E-state index contributed by atoms with van der Waals surface area (Å²) in [6, 6.07) is 5.51. The lowest BCUT2D eigenvalue weighted by molar-refractivity contribution is -0.0247. The predicted molar refractivity (Wildman–Crippen MR) is 96.1 cm³/mol. The minimum absolute atomic E-state index is 0.0103. The van der Waals surface area contributed by atoms with Gasteiger partial charge in [-0.15, -0.1) is 0 Å². The van der Waals surface area contributed by atoms with Gasteiger partial charge in [-0.2, -0.15) is 0 Å². The Bertz CT molecular complexity index is 938. The Labute approximate surface area is 151 Å². The fourth-order valence-electron chi connectivity index (χ4n) is 3.00. The highest BCUT2D eigenvalue weighted by atomic mass is 16.5. The monoisotopic (exact) mass is 352 g/mol. The van der Waals surface area contributed by atoms with Crippen molar-refractivity contribution in [2.45, 2.75) is 6.10 Å². The summed E-state index contributed by atoms with van der Waals surface area (Å²) in [5, 5.41) is 0. The molecule has 4 heterocycles. The molecule has 3 aromatic heterocycles. The summed E-state index contributed by atoms with van der Waals surface area (Å²) in [4.78, 5) is 29.4. The first-order chi connectivity index (χ1) is 12.6. The molecule has 1 saturated heterocycles. The van der Waals surface area contributed by atoms with Gasteiger partial charge in [-0.1, -0.05) is 0 Å². The molecule has 134 valence electrons. The van der Waals surface area contributed by atoms with E-state index in [1.165, 1.54) is 0 Å². The summed E-state index contributed by atoms with van der Waals surface area (Å²) in [7, 11) is 3.78. The number of amides is 1. The first-order valence-electron chi connectivity index (χ1n) is 8.44. The summed E-state index contributed by atoms with van der Waals surface area (Å²) in [5.41, 5.74) is 2.33. The van der Waals surface area contributed by atoms with Crippen molar-refractivity contribution in [3.8, 4) is 0 Å². The van der Waals surface area contributed by atoms with Crippen LogP contribution in [-0.4, -0.2) is 64.0 Å². The lowest BCUT2D eigenvalue weighted by Crippen LogP contribution is -2.42. The first-order valence-corrected chi connectivity index (χ1v) is 8.44. The molecule has 1 fully saturated rings. The number of imidazole rings is 1. The predicted octanol–water partition coefficient (Wildman–Crippen LogP) is 1.40. The summed E-state index contributed by atoms with van der Waals surface area (Å²) in [5.74, 6) is 0.615. The van der Waals surface area contributed by atoms with Crippen LogP contribution < -0.4 is 4.90 Å². The highest BCUT2D eigenvalue weighted by Crippen LogP contribution is 2.23. The molecule has 0 bridgehead atoms. The zero-order valence-corrected chi connectivity index (χ0v) is 14.7. The maximum absolute atomic E-state index is 12.9. The molecule has 3 aromatic rings. The van der Waals surface area contributed by atoms with Gasteiger partial charge < -0.3 is 18.9 Å². The fraction of sp³-hybridized carbons (Fsp3) is 0.333. The first kappa shape index (κ1) is 16.5. The second-order valence-electron chi connectivity index (χ2n) is 6.43. The van der Waals surface area contributed by atoms with E-state index in [1.54, 1.807) is 18.7 Å². The normalized spacial score (nSPS) is 17.5. The lowest BCUT2D eigenvalue weighted by atomic mass is 10.1. The molecule has 1 aliphatic heterocycles. The number of morpholine rings is 1. The van der Waals surface area contributed by atoms with Gasteiger partial charge in [0.05, 0.1) is 36.9 Å². The molecule has 0 aromatic carbocycles. The van der Waals surface area contributed by atoms with E-state index in [-0.39, 0.29) is 12.0 Å². The third-order valence-corrected chi connectivity index (χ3v) is 4.41. The van der Waals surface area contributed by atoms with Gasteiger partial charge in [0.1, 0.15) is 6.10 Å². The molecule has 8 nitrogen and oxygen atoms in total. The number of carbonyl (C=O) groups is 1. The van der Waals surface area contributed by atoms with Gasteiger partial charge >= 0.3 is 0 Å². The number of ether oxygens (including phenoxy) is 1. The Morgan fingerprint density at radius 3 is 3.08 bits per heavy atom. The number of pyridine rings is 1. The van der Waals surface area contributed by atoms with Gasteiger partial charge in [0.15, 0.2) is 0 Å². The number of hydrogen-bond acceptors (Lipinski definition) is 6. The molecule has 0 N–H and O–H groups in total. The minimum Gasteiger partial charge on any atom is -0.368 e. The molecule has 1 aliphatic rings. The largest absolute Gasteiger partial charge is 0.368 e. The van der Waals surface area contributed by atoms with Crippen LogP contribution in [0, 0.1) is 0 Å². The summed E-state index contributed by atoms with van der Waals surface area (Å²) in [6.45, 7) is 1.51. The van der Waals surface area contributed by atoms with E-state index < -0.39 is 0 Å². The molecule has 8 heteroatoms. The highest BCUT2D eigenvalue weighted by Gasteiger charge is 2.27. The van der Waals surface area contributed by atoms with Gasteiger partial charge in [0.2, 0.25) is 5.95 Å². The number of nitrogens with zero attached hydrogens (tertiary/aromatic N) is 6. The number of aromatic nitrogens is 4. The third-order valence-electron chi connectivity index (χ3n) is 4.41. The molecule has 0 saturated carbocycles. The van der Waals surface area contributed by atoms with Crippen LogP contribution in [0.15, 0.2) is 43.1 Å². The number of hydrogen-bond donors (Lipinski definition) is 0. The maximum Gasteiger partial charge on any atom is 0.254 e. The molecular weight excluding hydrogens is 332 g/mol. The average molecular weight is 352 g/mol. The van der Waals surface area contributed by atoms with Crippen molar-refractivity contribution in [2.24, 2.45) is 0 Å². The van der Waals surface area contributed by atoms with Gasteiger partial charge in [-0.3, -0.25) is 4.79 Å². The average Bonchev–Trinajstić information content (AvgIpc) is 3.15. The third kappa shape index (κ3) is 3.11. The number of carbonyl (C=O) groups excluding carboxylic acids is 1. The van der Waals surface area contributed by atoms with Crippen molar-refractivity contribution < 1.29 is 9.53 Å². The van der Waals surface area contributed by atoms with E-state index in [2.05, 4.69) is 15.0 Å². The quantitative estimate of drug-likeness (QED) is 0.709. The van der Waals surface area contributed by atoms with Crippen LogP contribution >= 0.6 is 0 Å². The summed E-state index contributed by atoms with van der Waals surface area (Å²) >= 11 is 0. The maximum atomic E-state index is 12.9. The fourth-order valence-corrected chi connectivity index (χ4v) is 3.00. The zero-order valence-electron chi connectivity index (χ0n) is 14.7. The second kappa shape index (κ2) is 6.72. The number of anilines is 1. The molecule has 4 rings (SSSR count). The van der Waals surface area contributed by atoms with Crippen molar-refractivity contribution in [1.29, 1.82) is 0 Å². The van der Waals surface area contributed by atoms with Gasteiger partial charge in [-0.25, -0.2) is 15.0 Å². The number of rotatable bonds is 3. The molecule has 0 radical (unpaired) electrons. The van der Waals surface area contributed by atoms with E-state index in [9.17, 15) is 4.79 Å². The second-order valence-corrected chi connectivity index (χ2v) is 6.43. The van der Waals surface area contributed by atoms with Crippen molar-refractivity contribution >= 4 is 17.4 Å². The van der Waals surface area contributed by atoms with Crippen molar-refractivity contribution in [3.05, 3.63) is 54.4 Å². The van der Waals surface area contributed by atoms with Gasteiger partial charge in [0.25, 0.3) is 5.91 Å². The van der Waals surface area contributed by atoms with E-state index >= 15 is 0 Å². The number of fused-ring (bicyclic) bond motifs is 1. The van der Waals surface area contributed by atoms with Crippen LogP contribution in [0.2, 0.25) is 0 Å². The lowest BCUT2D eigenvalue weighted by Gasteiger charge is -2.33. The van der Waals surface area contributed by atoms with Gasteiger partial charge in [-0.05, 0) is 18.2 Å². The SMILES string of the molecule is CN(C)c1nccc([C@H]2CN(C(=O)c3ccn4cncc4c3)CCO2)n1. The van der Waals surface area contributed by atoms with E-state index in [0.29, 0.717) is 31.2 Å². The summed E-state index contributed by atoms with van der Waals surface area (Å²) in [6.07, 6.45) is 6.76. The van der Waals surface area contributed by atoms with Crippen LogP contribution in [0.3, 0.4) is 0 Å². The zero-order chi connectivity index (χ0) is 18.1. The molecule has 26 heavy (non-hydrogen) atoms. The minimum atomic E-state index is -0.256. The van der Waals surface area contributed by atoms with Crippen LogP contribution in [0.25, 0.3) is 5.52 Å². The van der Waals surface area contributed by atoms with Crippen LogP contribution in [0.1, 0.15) is 22.2 Å². The molecule has 0 spiro atoms. The standard InChI is InChI=1S/C18H20N6O2/c1-22(2)18-20-5-3-15(21-18)16-11-23(7-8-26-16)17(25)13-4-6-24-12-19-10-14(24)9-13/h3-6,9-10,12,16H,7-8,11H2,1-2H3/t16-/m1/s1. The Kier molecular flexibility index (Phi) is 4.26. The molecule has 1 amide bonds. The van der Waals surface area contributed by atoms with Crippen LogP contribution in [-0.2, 0) is 4.74 Å². The van der Waals surface area contributed by atoms with E-state index in [0.717, 1.165) is 11.2 Å². The van der Waals surface area contributed by atoms with Crippen LogP contribution in [0.4, 0.5) is 5.95 Å². The smallest absolute Gasteiger partial charge is 0.254 e. The van der Waals surface area contributed by atoms with E-state index in [1.807, 2.05) is 52.7 Å². The highest BCUT2D eigenvalue weighted by molar-refractivity contribution is 5.95. The molecule has 1 atom stereocenters. The Morgan fingerprint density at radius 2 is 2.23 bits per heavy atom. The Hall–Kier alpha value is -3.00. The van der Waals surface area contributed by atoms with Crippen LogP contribution in [0.5, 0.6) is 0 Å². The molecule has 0 unspecified atom stereocenters. The van der Waals surface area contributed by atoms with Crippen molar-refractivity contribution in [3.63, 3.8) is 0 Å². The summed E-state index contributed by atoms with van der Waals surface area (Å²) < 4.78 is 7.73. The van der Waals surface area contributed by atoms with Gasteiger partial charge in [0, 0.05) is 38.6 Å². The van der Waals surface area contributed by atoms with Crippen molar-refractivity contribution in [1.82, 2.24) is 24.3 Å². The Morgan fingerprint density at radius 1 is 1.35 bits per heavy atom. The molecule has 0 aliphatic carbocycles. The molecular formula is C18H20N6O2. The van der Waals surface area contributed by atoms with E-state index in [4.69, 9.17) is 4.74 Å². The topological polar surface area (TPSA) is 75.9 Å².